The number of carboxylic acid groups (broad SMARTS) is 1. The minimum absolute atomic E-state index is 0.0699. The third-order valence-corrected chi connectivity index (χ3v) is 3.06. The van der Waals surface area contributed by atoms with Crippen LogP contribution in [0.1, 0.15) is 27.3 Å². The van der Waals surface area contributed by atoms with E-state index in [9.17, 15) is 9.59 Å². The van der Waals surface area contributed by atoms with Crippen molar-refractivity contribution >= 4 is 11.9 Å². The molecule has 6 heteroatoms. The van der Waals surface area contributed by atoms with Gasteiger partial charge in [-0.15, -0.1) is 0 Å². The van der Waals surface area contributed by atoms with E-state index in [0.717, 1.165) is 6.42 Å². The number of hydrogen-bond donors (Lipinski definition) is 2. The predicted octanol–water partition coefficient (Wildman–Crippen LogP) is 0.234. The van der Waals surface area contributed by atoms with Crippen molar-refractivity contribution in [2.24, 2.45) is 5.92 Å². The third-order valence-electron chi connectivity index (χ3n) is 3.06. The Hall–Kier alpha value is -1.95. The topological polar surface area (TPSA) is 90.7 Å². The van der Waals surface area contributed by atoms with Crippen LogP contribution in [0.5, 0.6) is 0 Å². The summed E-state index contributed by atoms with van der Waals surface area (Å²) in [6.45, 7) is 1.18. The summed E-state index contributed by atoms with van der Waals surface area (Å²) < 4.78 is 0. The molecule has 1 aromatic heterocycles. The van der Waals surface area contributed by atoms with E-state index in [1.165, 1.54) is 18.3 Å². The molecule has 1 saturated heterocycles. The van der Waals surface area contributed by atoms with Gasteiger partial charge in [0.25, 0.3) is 5.91 Å². The van der Waals surface area contributed by atoms with Gasteiger partial charge in [0, 0.05) is 37.4 Å². The van der Waals surface area contributed by atoms with Gasteiger partial charge in [-0.25, -0.2) is 9.78 Å². The number of carboxylic acids is 1. The summed E-state index contributed by atoms with van der Waals surface area (Å²) in [4.78, 5) is 28.2. The summed E-state index contributed by atoms with van der Waals surface area (Å²) in [5.74, 6) is -1.25. The quantitative estimate of drug-likeness (QED) is 0.801. The number of amides is 1. The summed E-state index contributed by atoms with van der Waals surface area (Å²) in [7, 11) is 0. The number of likely N-dealkylation sites (tertiary alicyclic amines) is 1. The molecule has 1 aromatic rings. The van der Waals surface area contributed by atoms with Gasteiger partial charge in [-0.2, -0.15) is 0 Å². The molecule has 0 saturated carbocycles. The number of pyridine rings is 1. The number of carbonyl (C=O) groups is 2. The van der Waals surface area contributed by atoms with Gasteiger partial charge in [0.15, 0.2) is 0 Å². The Bertz CT molecular complexity index is 475. The van der Waals surface area contributed by atoms with Crippen molar-refractivity contribution in [3.8, 4) is 0 Å². The zero-order valence-electron chi connectivity index (χ0n) is 9.74. The molecule has 0 aliphatic carbocycles. The van der Waals surface area contributed by atoms with Crippen molar-refractivity contribution in [2.75, 3.05) is 19.7 Å². The minimum atomic E-state index is -1.15. The van der Waals surface area contributed by atoms with Gasteiger partial charge in [-0.05, 0) is 18.6 Å². The van der Waals surface area contributed by atoms with Crippen LogP contribution in [0.25, 0.3) is 0 Å². The van der Waals surface area contributed by atoms with Crippen LogP contribution in [0.4, 0.5) is 0 Å². The molecule has 96 valence electrons. The number of nitrogens with zero attached hydrogens (tertiary/aromatic N) is 2. The van der Waals surface area contributed by atoms with Gasteiger partial charge >= 0.3 is 5.97 Å². The van der Waals surface area contributed by atoms with Crippen LogP contribution in [-0.2, 0) is 0 Å². The first kappa shape index (κ1) is 12.5. The van der Waals surface area contributed by atoms with Crippen molar-refractivity contribution in [2.45, 2.75) is 6.42 Å². The van der Waals surface area contributed by atoms with Crippen LogP contribution in [0.2, 0.25) is 0 Å². The molecule has 1 unspecified atom stereocenters. The van der Waals surface area contributed by atoms with Crippen LogP contribution < -0.4 is 0 Å². The third kappa shape index (κ3) is 2.48. The lowest BCUT2D eigenvalue weighted by molar-refractivity contribution is 0.0690. The lowest BCUT2D eigenvalue weighted by Gasteiger charge is -2.16. The van der Waals surface area contributed by atoms with Crippen LogP contribution in [0.3, 0.4) is 0 Å². The summed E-state index contributed by atoms with van der Waals surface area (Å²) in [6, 6.07) is 2.78. The lowest BCUT2D eigenvalue weighted by atomic mass is 10.1. The van der Waals surface area contributed by atoms with E-state index in [4.69, 9.17) is 10.2 Å². The van der Waals surface area contributed by atoms with Gasteiger partial charge in [0.1, 0.15) is 5.69 Å². The first-order valence-electron chi connectivity index (χ1n) is 5.71. The van der Waals surface area contributed by atoms with Crippen LogP contribution in [0, 0.1) is 5.92 Å². The van der Waals surface area contributed by atoms with E-state index >= 15 is 0 Å². The van der Waals surface area contributed by atoms with Crippen molar-refractivity contribution in [3.63, 3.8) is 0 Å². The van der Waals surface area contributed by atoms with Crippen LogP contribution in [0.15, 0.2) is 18.3 Å². The maximum absolute atomic E-state index is 12.1. The Kier molecular flexibility index (Phi) is 3.57. The average Bonchev–Trinajstić information content (AvgIpc) is 2.86. The van der Waals surface area contributed by atoms with E-state index < -0.39 is 5.97 Å². The molecule has 1 aliphatic heterocycles. The number of carbonyl (C=O) groups excluding carboxylic acids is 1. The lowest BCUT2D eigenvalue weighted by Crippen LogP contribution is -2.29. The van der Waals surface area contributed by atoms with Crippen molar-refractivity contribution < 1.29 is 19.8 Å². The number of rotatable bonds is 3. The normalized spacial score (nSPS) is 18.9. The molecule has 18 heavy (non-hydrogen) atoms. The van der Waals surface area contributed by atoms with Crippen molar-refractivity contribution in [1.82, 2.24) is 9.88 Å². The molecule has 0 spiro atoms. The van der Waals surface area contributed by atoms with Crippen LogP contribution in [-0.4, -0.2) is 51.7 Å². The Balaban J connectivity index is 2.14. The number of hydrogen-bond acceptors (Lipinski definition) is 4. The first-order valence-corrected chi connectivity index (χ1v) is 5.71. The Morgan fingerprint density at radius 1 is 1.50 bits per heavy atom. The highest BCUT2D eigenvalue weighted by atomic mass is 16.4. The Morgan fingerprint density at radius 3 is 2.89 bits per heavy atom. The number of aliphatic hydroxyl groups excluding tert-OH is 1. The second kappa shape index (κ2) is 5.14. The fourth-order valence-electron chi connectivity index (χ4n) is 2.03. The minimum Gasteiger partial charge on any atom is -0.477 e. The van der Waals surface area contributed by atoms with E-state index in [-0.39, 0.29) is 24.1 Å². The van der Waals surface area contributed by atoms with E-state index in [1.54, 1.807) is 4.90 Å². The molecule has 0 bridgehead atoms. The Morgan fingerprint density at radius 2 is 2.28 bits per heavy atom. The van der Waals surface area contributed by atoms with Gasteiger partial charge in [0.05, 0.1) is 0 Å². The molecule has 1 atom stereocenters. The maximum atomic E-state index is 12.1. The highest BCUT2D eigenvalue weighted by Crippen LogP contribution is 2.18. The van der Waals surface area contributed by atoms with Crippen molar-refractivity contribution in [3.05, 3.63) is 29.6 Å². The molecule has 2 rings (SSSR count). The first-order chi connectivity index (χ1) is 8.61. The molecule has 2 heterocycles. The molecule has 1 amide bonds. The molecule has 1 fully saturated rings. The highest BCUT2D eigenvalue weighted by molar-refractivity contribution is 5.96. The largest absolute Gasteiger partial charge is 0.477 e. The zero-order valence-corrected chi connectivity index (χ0v) is 9.74. The van der Waals surface area contributed by atoms with E-state index in [1.807, 2.05) is 0 Å². The molecule has 0 aromatic carbocycles. The van der Waals surface area contributed by atoms with Gasteiger partial charge in [-0.3, -0.25) is 4.79 Å². The number of aromatic carboxylic acids is 1. The van der Waals surface area contributed by atoms with E-state index in [0.29, 0.717) is 18.7 Å². The second-order valence-electron chi connectivity index (χ2n) is 4.32. The molecule has 6 nitrogen and oxygen atoms in total. The standard InChI is InChI=1S/C12H14N2O4/c15-7-8-2-4-14(6-8)11(16)9-1-3-13-10(5-9)12(17)18/h1,3,5,8,15H,2,4,6-7H2,(H,17,18). The SMILES string of the molecule is O=C(O)c1cc(C(=O)N2CCC(CO)C2)ccn1. The summed E-state index contributed by atoms with van der Waals surface area (Å²) in [6.07, 6.45) is 2.09. The molecular formula is C12H14N2O4. The predicted molar refractivity (Wildman–Crippen MR) is 62.3 cm³/mol. The molecule has 1 aliphatic rings. The molecule has 2 N–H and O–H groups in total. The number of aliphatic hydroxyl groups is 1. The fourth-order valence-corrected chi connectivity index (χ4v) is 2.03. The summed E-state index contributed by atoms with van der Waals surface area (Å²) in [5.41, 5.74) is 0.180. The molecular weight excluding hydrogens is 236 g/mol. The summed E-state index contributed by atoms with van der Waals surface area (Å²) >= 11 is 0. The number of aromatic nitrogens is 1. The fraction of sp³-hybridized carbons (Fsp3) is 0.417. The monoisotopic (exact) mass is 250 g/mol. The highest BCUT2D eigenvalue weighted by Gasteiger charge is 2.26. The average molecular weight is 250 g/mol. The second-order valence-corrected chi connectivity index (χ2v) is 4.32. The zero-order chi connectivity index (χ0) is 13.1. The summed E-state index contributed by atoms with van der Waals surface area (Å²) in [5, 5.41) is 17.8. The van der Waals surface area contributed by atoms with Gasteiger partial charge in [0.2, 0.25) is 0 Å². The maximum Gasteiger partial charge on any atom is 0.354 e. The van der Waals surface area contributed by atoms with Crippen LogP contribution >= 0.6 is 0 Å². The Labute approximate surface area is 104 Å². The smallest absolute Gasteiger partial charge is 0.354 e. The molecule has 0 radical (unpaired) electrons. The van der Waals surface area contributed by atoms with Gasteiger partial charge in [-0.1, -0.05) is 0 Å². The van der Waals surface area contributed by atoms with Gasteiger partial charge < -0.3 is 15.1 Å². The van der Waals surface area contributed by atoms with E-state index in [2.05, 4.69) is 4.98 Å². The van der Waals surface area contributed by atoms with Crippen molar-refractivity contribution in [1.29, 1.82) is 0 Å².